The molecular formula is C26H25N7O2S. The minimum atomic E-state index is -0.0815. The number of rotatable bonds is 6. The molecule has 0 aliphatic carbocycles. The highest BCUT2D eigenvalue weighted by Crippen LogP contribution is 2.31. The molecule has 0 atom stereocenters. The van der Waals surface area contributed by atoms with Crippen molar-refractivity contribution in [1.82, 2.24) is 30.4 Å². The second-order valence-corrected chi connectivity index (χ2v) is 10.0. The van der Waals surface area contributed by atoms with E-state index in [1.165, 1.54) is 17.7 Å². The Labute approximate surface area is 211 Å². The summed E-state index contributed by atoms with van der Waals surface area (Å²) in [7, 11) is 0. The zero-order valence-electron chi connectivity index (χ0n) is 19.4. The molecule has 9 nitrogen and oxygen atoms in total. The first kappa shape index (κ1) is 22.4. The van der Waals surface area contributed by atoms with Gasteiger partial charge in [0.25, 0.3) is 5.91 Å². The fraction of sp³-hybridized carbons (Fsp3) is 0.231. The average Bonchev–Trinajstić information content (AvgIpc) is 3.54. The Bertz CT molecular complexity index is 1540. The average molecular weight is 500 g/mol. The molecular weight excluding hydrogens is 474 g/mol. The molecule has 5 aromatic rings. The maximum absolute atomic E-state index is 13.1. The predicted molar refractivity (Wildman–Crippen MR) is 141 cm³/mol. The van der Waals surface area contributed by atoms with Crippen LogP contribution in [-0.2, 0) is 6.54 Å². The molecule has 36 heavy (non-hydrogen) atoms. The van der Waals surface area contributed by atoms with E-state index in [4.69, 9.17) is 0 Å². The number of H-pyrrole nitrogens is 1. The lowest BCUT2D eigenvalue weighted by Gasteiger charge is -2.32. The Morgan fingerprint density at radius 1 is 1.14 bits per heavy atom. The predicted octanol–water partition coefficient (Wildman–Crippen LogP) is 4.41. The van der Waals surface area contributed by atoms with Crippen LogP contribution in [0.2, 0.25) is 0 Å². The number of fused-ring (bicyclic) bond motifs is 2. The summed E-state index contributed by atoms with van der Waals surface area (Å²) < 4.78 is 0. The number of aromatic nitrogens is 4. The number of nitrogens with zero attached hydrogens (tertiary/aromatic N) is 4. The summed E-state index contributed by atoms with van der Waals surface area (Å²) >= 11 is 1.37. The van der Waals surface area contributed by atoms with Crippen LogP contribution in [0.15, 0.2) is 61.1 Å². The zero-order chi connectivity index (χ0) is 24.5. The molecule has 0 unspecified atom stereocenters. The van der Waals surface area contributed by atoms with Crippen LogP contribution in [-0.4, -0.2) is 55.2 Å². The number of likely N-dealkylation sites (tertiary alicyclic amines) is 1. The number of nitrogens with one attached hydrogen (secondary N) is 3. The monoisotopic (exact) mass is 499 g/mol. The highest BCUT2D eigenvalue weighted by Gasteiger charge is 2.23. The van der Waals surface area contributed by atoms with Crippen molar-refractivity contribution < 1.29 is 9.90 Å². The number of aromatic amines is 1. The van der Waals surface area contributed by atoms with Gasteiger partial charge in [-0.3, -0.25) is 14.8 Å². The fourth-order valence-corrected chi connectivity index (χ4v) is 5.50. The second-order valence-electron chi connectivity index (χ2n) is 9.00. The summed E-state index contributed by atoms with van der Waals surface area (Å²) in [5, 5.41) is 25.5. The van der Waals surface area contributed by atoms with Crippen molar-refractivity contribution in [2.24, 2.45) is 0 Å². The Morgan fingerprint density at radius 3 is 2.86 bits per heavy atom. The third-order valence-corrected chi connectivity index (χ3v) is 7.61. The molecule has 1 saturated heterocycles. The summed E-state index contributed by atoms with van der Waals surface area (Å²) in [5.41, 5.74) is 2.74. The lowest BCUT2D eigenvalue weighted by atomic mass is 10.0. The smallest absolute Gasteiger partial charge is 0.261 e. The number of thiophene rings is 1. The number of aromatic hydroxyl groups is 1. The van der Waals surface area contributed by atoms with E-state index in [0.29, 0.717) is 23.0 Å². The summed E-state index contributed by atoms with van der Waals surface area (Å²) in [6.45, 7) is 2.45. The molecule has 0 radical (unpaired) electrons. The number of carbonyl (C=O) groups excluding carboxylic acids is 1. The number of para-hydroxylation sites is 1. The van der Waals surface area contributed by atoms with E-state index in [1.807, 2.05) is 42.5 Å². The van der Waals surface area contributed by atoms with Crippen molar-refractivity contribution in [1.29, 1.82) is 0 Å². The third-order valence-electron chi connectivity index (χ3n) is 6.57. The van der Waals surface area contributed by atoms with Crippen molar-refractivity contribution in [3.05, 3.63) is 71.5 Å². The molecule has 10 heteroatoms. The van der Waals surface area contributed by atoms with E-state index in [9.17, 15) is 9.90 Å². The number of phenolic OH excluding ortho intramolecular Hbond substituents is 1. The normalized spacial score (nSPS) is 14.9. The molecule has 3 aromatic heterocycles. The van der Waals surface area contributed by atoms with Crippen molar-refractivity contribution >= 4 is 49.9 Å². The summed E-state index contributed by atoms with van der Waals surface area (Å²) in [6, 6.07) is 15.4. The summed E-state index contributed by atoms with van der Waals surface area (Å²) in [5.74, 6) is 0.908. The van der Waals surface area contributed by atoms with Crippen LogP contribution in [0.25, 0.3) is 21.1 Å². The number of hydrogen-bond acceptors (Lipinski definition) is 8. The van der Waals surface area contributed by atoms with Crippen molar-refractivity contribution in [3.8, 4) is 5.75 Å². The highest BCUT2D eigenvalue weighted by atomic mass is 32.1. The van der Waals surface area contributed by atoms with Gasteiger partial charge >= 0.3 is 0 Å². The van der Waals surface area contributed by atoms with Crippen LogP contribution < -0.4 is 10.6 Å². The maximum Gasteiger partial charge on any atom is 0.261 e. The van der Waals surface area contributed by atoms with Crippen LogP contribution in [0.4, 0.5) is 11.5 Å². The van der Waals surface area contributed by atoms with E-state index in [1.54, 1.807) is 12.3 Å². The van der Waals surface area contributed by atoms with Crippen LogP contribution in [0.5, 0.6) is 5.75 Å². The molecule has 0 bridgehead atoms. The molecule has 0 spiro atoms. The van der Waals surface area contributed by atoms with Crippen molar-refractivity contribution in [2.45, 2.75) is 25.4 Å². The van der Waals surface area contributed by atoms with Gasteiger partial charge in [-0.25, -0.2) is 9.97 Å². The van der Waals surface area contributed by atoms with E-state index >= 15 is 0 Å². The number of hydrogen-bond donors (Lipinski definition) is 4. The van der Waals surface area contributed by atoms with Crippen LogP contribution >= 0.6 is 11.3 Å². The van der Waals surface area contributed by atoms with Crippen LogP contribution in [0.3, 0.4) is 0 Å². The lowest BCUT2D eigenvalue weighted by Crippen LogP contribution is -2.44. The van der Waals surface area contributed by atoms with E-state index in [-0.39, 0.29) is 11.9 Å². The van der Waals surface area contributed by atoms with Gasteiger partial charge in [-0.2, -0.15) is 5.10 Å². The molecule has 4 N–H and O–H groups in total. The van der Waals surface area contributed by atoms with E-state index in [2.05, 4.69) is 35.7 Å². The zero-order valence-corrected chi connectivity index (χ0v) is 20.3. The molecule has 0 saturated carbocycles. The first-order chi connectivity index (χ1) is 17.6. The molecule has 1 aliphatic heterocycles. The summed E-state index contributed by atoms with van der Waals surface area (Å²) in [6.07, 6.45) is 5.03. The highest BCUT2D eigenvalue weighted by molar-refractivity contribution is 7.20. The Morgan fingerprint density at radius 2 is 2.00 bits per heavy atom. The first-order valence-corrected chi connectivity index (χ1v) is 12.7. The first-order valence-electron chi connectivity index (χ1n) is 11.9. The minimum Gasteiger partial charge on any atom is -0.508 e. The minimum absolute atomic E-state index is 0.0815. The van der Waals surface area contributed by atoms with Gasteiger partial charge in [0.15, 0.2) is 0 Å². The number of phenols is 1. The maximum atomic E-state index is 13.1. The number of benzene rings is 2. The quantitative estimate of drug-likeness (QED) is 0.273. The number of amides is 1. The van der Waals surface area contributed by atoms with Gasteiger partial charge in [-0.15, -0.1) is 11.3 Å². The second kappa shape index (κ2) is 9.56. The molecule has 182 valence electrons. The Balaban J connectivity index is 1.11. The third kappa shape index (κ3) is 4.60. The summed E-state index contributed by atoms with van der Waals surface area (Å²) in [4.78, 5) is 25.5. The van der Waals surface area contributed by atoms with Gasteiger partial charge in [0.1, 0.15) is 22.7 Å². The lowest BCUT2D eigenvalue weighted by molar-refractivity contribution is 0.0913. The van der Waals surface area contributed by atoms with Gasteiger partial charge in [0.2, 0.25) is 0 Å². The van der Waals surface area contributed by atoms with Gasteiger partial charge in [0.05, 0.1) is 22.0 Å². The molecule has 6 rings (SSSR count). The Hall–Kier alpha value is -4.02. The molecule has 2 aromatic carbocycles. The number of piperidine rings is 1. The van der Waals surface area contributed by atoms with E-state index in [0.717, 1.165) is 58.3 Å². The fourth-order valence-electron chi connectivity index (χ4n) is 4.60. The number of carbonyl (C=O) groups is 1. The van der Waals surface area contributed by atoms with Crippen molar-refractivity contribution in [2.75, 3.05) is 18.4 Å². The molecule has 1 amide bonds. The Kier molecular flexibility index (Phi) is 5.96. The van der Waals surface area contributed by atoms with Gasteiger partial charge in [-0.05, 0) is 43.2 Å². The largest absolute Gasteiger partial charge is 0.508 e. The topological polar surface area (TPSA) is 119 Å². The van der Waals surface area contributed by atoms with Gasteiger partial charge < -0.3 is 15.7 Å². The number of anilines is 2. The van der Waals surface area contributed by atoms with Crippen LogP contribution in [0.1, 0.15) is 28.1 Å². The molecule has 1 fully saturated rings. The van der Waals surface area contributed by atoms with E-state index < -0.39 is 0 Å². The standard InChI is InChI=1S/C26H25N7O2S/c34-22-4-2-1-3-17(22)14-33-9-7-18(8-10-33)31-25(35)23-12-20-24(27-15-28-26(20)36-23)30-19-6-5-16-13-29-32-21(16)11-19/h1-6,11-13,15,18,34H,7-10,14H2,(H,29,32)(H,31,35)(H,27,28,30). The van der Waals surface area contributed by atoms with Gasteiger partial charge in [-0.1, -0.05) is 18.2 Å². The van der Waals surface area contributed by atoms with Crippen LogP contribution in [0, 0.1) is 0 Å². The molecule has 1 aliphatic rings. The van der Waals surface area contributed by atoms with Gasteiger partial charge in [0, 0.05) is 42.3 Å². The molecule has 4 heterocycles. The SMILES string of the molecule is O=C(NC1CCN(Cc2ccccc2O)CC1)c1cc2c(Nc3ccc4cn[nH]c4c3)ncnc2s1. The van der Waals surface area contributed by atoms with Crippen molar-refractivity contribution in [3.63, 3.8) is 0 Å².